The fourth-order valence-electron chi connectivity index (χ4n) is 2.34. The van der Waals surface area contributed by atoms with Crippen molar-refractivity contribution in [2.75, 3.05) is 18.9 Å². The van der Waals surface area contributed by atoms with Crippen LogP contribution in [-0.4, -0.2) is 25.1 Å². The molecule has 2 rings (SSSR count). The lowest BCUT2D eigenvalue weighted by Crippen LogP contribution is -2.24. The van der Waals surface area contributed by atoms with E-state index in [9.17, 15) is 4.79 Å². The van der Waals surface area contributed by atoms with E-state index < -0.39 is 0 Å². The Labute approximate surface area is 114 Å². The molecular weight excluding hydrogens is 240 g/mol. The number of rotatable bonds is 5. The highest BCUT2D eigenvalue weighted by Crippen LogP contribution is 2.36. The van der Waals surface area contributed by atoms with E-state index in [0.29, 0.717) is 6.42 Å². The van der Waals surface area contributed by atoms with Crippen LogP contribution in [0.2, 0.25) is 0 Å². The molecule has 0 aliphatic carbocycles. The van der Waals surface area contributed by atoms with Crippen LogP contribution in [0.1, 0.15) is 32.3 Å². The minimum absolute atomic E-state index is 0.0633. The van der Waals surface area contributed by atoms with E-state index in [2.05, 4.69) is 24.5 Å². The second-order valence-electron chi connectivity index (χ2n) is 5.62. The van der Waals surface area contributed by atoms with Crippen LogP contribution in [-0.2, 0) is 11.2 Å². The molecule has 1 aliphatic rings. The first kappa shape index (κ1) is 13.9. The third-order valence-electron chi connectivity index (χ3n) is 3.18. The van der Waals surface area contributed by atoms with Crippen LogP contribution in [0.4, 0.5) is 5.69 Å². The van der Waals surface area contributed by atoms with Crippen LogP contribution < -0.4 is 15.4 Å². The van der Waals surface area contributed by atoms with Gasteiger partial charge in [0.25, 0.3) is 0 Å². The Hall–Kier alpha value is -1.55. The van der Waals surface area contributed by atoms with E-state index in [0.717, 1.165) is 36.4 Å². The molecule has 0 saturated carbocycles. The molecule has 1 aromatic carbocycles. The van der Waals surface area contributed by atoms with Crippen molar-refractivity contribution in [1.29, 1.82) is 0 Å². The maximum absolute atomic E-state index is 11.7. The normalized spacial score (nSPS) is 15.7. The Morgan fingerprint density at radius 3 is 2.95 bits per heavy atom. The first-order valence-corrected chi connectivity index (χ1v) is 6.76. The third kappa shape index (κ3) is 3.70. The van der Waals surface area contributed by atoms with Gasteiger partial charge in [-0.1, -0.05) is 0 Å². The maximum atomic E-state index is 11.7. The monoisotopic (exact) mass is 262 g/mol. The van der Waals surface area contributed by atoms with Gasteiger partial charge in [0.05, 0.1) is 0 Å². The molecule has 0 bridgehead atoms. The lowest BCUT2D eigenvalue weighted by molar-refractivity contribution is -0.116. The number of carbonyl (C=O) groups excluding carboxylic acids is 1. The lowest BCUT2D eigenvalue weighted by atomic mass is 10.0. The molecule has 1 heterocycles. The first-order chi connectivity index (χ1) is 9.00. The fraction of sp³-hybridized carbons (Fsp3) is 0.533. The number of hydrogen-bond acceptors (Lipinski definition) is 3. The van der Waals surface area contributed by atoms with Crippen molar-refractivity contribution >= 4 is 11.6 Å². The van der Waals surface area contributed by atoms with Gasteiger partial charge in [-0.2, -0.15) is 0 Å². The van der Waals surface area contributed by atoms with E-state index in [1.807, 2.05) is 25.2 Å². The van der Waals surface area contributed by atoms with Crippen molar-refractivity contribution in [1.82, 2.24) is 5.32 Å². The summed E-state index contributed by atoms with van der Waals surface area (Å²) in [4.78, 5) is 11.7. The van der Waals surface area contributed by atoms with Crippen LogP contribution in [0, 0.1) is 0 Å². The van der Waals surface area contributed by atoms with Gasteiger partial charge in [-0.15, -0.1) is 0 Å². The Morgan fingerprint density at radius 1 is 1.42 bits per heavy atom. The van der Waals surface area contributed by atoms with Gasteiger partial charge in [0.1, 0.15) is 11.4 Å². The van der Waals surface area contributed by atoms with E-state index in [1.54, 1.807) is 0 Å². The zero-order chi connectivity index (χ0) is 13.9. The smallest absolute Gasteiger partial charge is 0.224 e. The van der Waals surface area contributed by atoms with Crippen molar-refractivity contribution in [3.63, 3.8) is 0 Å². The van der Waals surface area contributed by atoms with Gasteiger partial charge in [0, 0.05) is 24.1 Å². The fourth-order valence-corrected chi connectivity index (χ4v) is 2.34. The number of hydrogen-bond donors (Lipinski definition) is 2. The summed E-state index contributed by atoms with van der Waals surface area (Å²) < 4.78 is 5.81. The zero-order valence-corrected chi connectivity index (χ0v) is 11.9. The highest BCUT2D eigenvalue weighted by molar-refractivity contribution is 5.90. The number of anilines is 1. The van der Waals surface area contributed by atoms with Crippen LogP contribution in [0.3, 0.4) is 0 Å². The molecule has 4 heteroatoms. The molecule has 4 nitrogen and oxygen atoms in total. The predicted molar refractivity (Wildman–Crippen MR) is 76.6 cm³/mol. The van der Waals surface area contributed by atoms with E-state index in [4.69, 9.17) is 4.74 Å². The SMILES string of the molecule is CNCCCC(=O)Nc1ccc2c(c1)CC(C)(C)O2. The van der Waals surface area contributed by atoms with Gasteiger partial charge in [-0.05, 0) is 52.1 Å². The lowest BCUT2D eigenvalue weighted by Gasteiger charge is -2.16. The van der Waals surface area contributed by atoms with Crippen molar-refractivity contribution < 1.29 is 9.53 Å². The van der Waals surface area contributed by atoms with E-state index in [1.165, 1.54) is 0 Å². The Morgan fingerprint density at radius 2 is 2.21 bits per heavy atom. The van der Waals surface area contributed by atoms with Gasteiger partial charge in [-0.25, -0.2) is 0 Å². The summed E-state index contributed by atoms with van der Waals surface area (Å²) in [5, 5.41) is 5.97. The quantitative estimate of drug-likeness (QED) is 0.801. The molecule has 1 amide bonds. The molecule has 104 valence electrons. The van der Waals surface area contributed by atoms with Crippen molar-refractivity contribution in [2.24, 2.45) is 0 Å². The van der Waals surface area contributed by atoms with Gasteiger partial charge < -0.3 is 15.4 Å². The van der Waals surface area contributed by atoms with Gasteiger partial charge in [-0.3, -0.25) is 4.79 Å². The number of amides is 1. The Kier molecular flexibility index (Phi) is 4.10. The third-order valence-corrected chi connectivity index (χ3v) is 3.18. The summed E-state index contributed by atoms with van der Waals surface area (Å²) in [6, 6.07) is 5.85. The first-order valence-electron chi connectivity index (χ1n) is 6.76. The maximum Gasteiger partial charge on any atom is 0.224 e. The standard InChI is InChI=1S/C15H22N2O2/c1-15(2)10-11-9-12(6-7-13(11)19-15)17-14(18)5-4-8-16-3/h6-7,9,16H,4-5,8,10H2,1-3H3,(H,17,18). The highest BCUT2D eigenvalue weighted by atomic mass is 16.5. The molecular formula is C15H22N2O2. The average Bonchev–Trinajstić information content (AvgIpc) is 2.62. The minimum Gasteiger partial charge on any atom is -0.487 e. The van der Waals surface area contributed by atoms with Crippen molar-refractivity contribution in [2.45, 2.75) is 38.7 Å². The molecule has 2 N–H and O–H groups in total. The number of ether oxygens (including phenoxy) is 1. The second kappa shape index (κ2) is 5.61. The van der Waals surface area contributed by atoms with Crippen LogP contribution in [0.15, 0.2) is 18.2 Å². The summed E-state index contributed by atoms with van der Waals surface area (Å²) in [6.45, 7) is 5.01. The number of carbonyl (C=O) groups is 1. The molecule has 0 radical (unpaired) electrons. The average molecular weight is 262 g/mol. The summed E-state index contributed by atoms with van der Waals surface area (Å²) in [6.07, 6.45) is 2.27. The number of benzene rings is 1. The van der Waals surface area contributed by atoms with E-state index in [-0.39, 0.29) is 11.5 Å². The number of fused-ring (bicyclic) bond motifs is 1. The van der Waals surface area contributed by atoms with Crippen LogP contribution >= 0.6 is 0 Å². The molecule has 1 aromatic rings. The van der Waals surface area contributed by atoms with E-state index >= 15 is 0 Å². The van der Waals surface area contributed by atoms with Crippen molar-refractivity contribution in [3.8, 4) is 5.75 Å². The number of nitrogens with one attached hydrogen (secondary N) is 2. The summed E-state index contributed by atoms with van der Waals surface area (Å²) in [5.41, 5.74) is 1.88. The zero-order valence-electron chi connectivity index (χ0n) is 11.9. The molecule has 19 heavy (non-hydrogen) atoms. The van der Waals surface area contributed by atoms with Gasteiger partial charge in [0.15, 0.2) is 0 Å². The molecule has 0 spiro atoms. The molecule has 0 atom stereocenters. The molecule has 0 fully saturated rings. The van der Waals surface area contributed by atoms with Crippen molar-refractivity contribution in [3.05, 3.63) is 23.8 Å². The van der Waals surface area contributed by atoms with Crippen LogP contribution in [0.5, 0.6) is 5.75 Å². The summed E-state index contributed by atoms with van der Waals surface area (Å²) in [5.74, 6) is 0.992. The molecule has 0 saturated heterocycles. The Bertz CT molecular complexity index is 469. The topological polar surface area (TPSA) is 50.4 Å². The molecule has 0 aromatic heterocycles. The van der Waals surface area contributed by atoms with Gasteiger partial charge in [0.2, 0.25) is 5.91 Å². The van der Waals surface area contributed by atoms with Gasteiger partial charge >= 0.3 is 0 Å². The molecule has 0 unspecified atom stereocenters. The Balaban J connectivity index is 1.95. The second-order valence-corrected chi connectivity index (χ2v) is 5.62. The summed E-state index contributed by atoms with van der Waals surface area (Å²) >= 11 is 0. The summed E-state index contributed by atoms with van der Waals surface area (Å²) in [7, 11) is 1.89. The molecule has 1 aliphatic heterocycles. The highest BCUT2D eigenvalue weighted by Gasteiger charge is 2.29. The van der Waals surface area contributed by atoms with Crippen LogP contribution in [0.25, 0.3) is 0 Å². The predicted octanol–water partition coefficient (Wildman–Crippen LogP) is 2.34. The minimum atomic E-state index is -0.141. The largest absolute Gasteiger partial charge is 0.487 e.